The number of carbonyl (C=O) groups is 1. The van der Waals surface area contributed by atoms with E-state index in [0.717, 1.165) is 44.6 Å². The first-order chi connectivity index (χ1) is 11.3. The highest BCUT2D eigenvalue weighted by Crippen LogP contribution is 2.35. The van der Waals surface area contributed by atoms with Gasteiger partial charge in [-0.3, -0.25) is 14.7 Å². The fraction of sp³-hybridized carbons (Fsp3) is 0.579. The van der Waals surface area contributed by atoms with Gasteiger partial charge in [0.25, 0.3) is 0 Å². The fourth-order valence-electron chi connectivity index (χ4n) is 4.41. The Morgan fingerprint density at radius 1 is 1.13 bits per heavy atom. The van der Waals surface area contributed by atoms with Crippen molar-refractivity contribution in [1.29, 1.82) is 0 Å². The molecular formula is C19H25N3O. The van der Waals surface area contributed by atoms with Crippen LogP contribution in [0.1, 0.15) is 37.3 Å². The zero-order valence-electron chi connectivity index (χ0n) is 13.6. The highest BCUT2D eigenvalue weighted by Gasteiger charge is 2.40. The topological polar surface area (TPSA) is 36.4 Å². The predicted octanol–water partition coefficient (Wildman–Crippen LogP) is 2.64. The number of pyridine rings is 1. The Hall–Kier alpha value is -1.68. The van der Waals surface area contributed by atoms with Crippen LogP contribution in [0.4, 0.5) is 0 Å². The first-order valence-electron chi connectivity index (χ1n) is 8.90. The monoisotopic (exact) mass is 311 g/mol. The largest absolute Gasteiger partial charge is 0.340 e. The molecule has 0 N–H and O–H groups in total. The van der Waals surface area contributed by atoms with Crippen LogP contribution in [0, 0.1) is 11.8 Å². The molecule has 3 aliphatic rings. The first kappa shape index (κ1) is 14.9. The molecule has 4 nitrogen and oxygen atoms in total. The van der Waals surface area contributed by atoms with Crippen molar-refractivity contribution in [3.8, 4) is 0 Å². The van der Waals surface area contributed by atoms with Crippen molar-refractivity contribution in [2.24, 2.45) is 11.8 Å². The lowest BCUT2D eigenvalue weighted by Crippen LogP contribution is -2.41. The summed E-state index contributed by atoms with van der Waals surface area (Å²) in [5, 5.41) is 0. The number of rotatable bonds is 3. The number of fused-ring (bicyclic) bond motifs is 1. The number of carbonyl (C=O) groups excluding carboxylic acids is 1. The summed E-state index contributed by atoms with van der Waals surface area (Å²) in [6.45, 7) is 3.90. The molecule has 0 aromatic carbocycles. The summed E-state index contributed by atoms with van der Waals surface area (Å²) in [5.74, 6) is 1.61. The second-order valence-corrected chi connectivity index (χ2v) is 7.14. The van der Waals surface area contributed by atoms with Gasteiger partial charge in [0, 0.05) is 25.5 Å². The third-order valence-electron chi connectivity index (χ3n) is 5.67. The average molecular weight is 311 g/mol. The van der Waals surface area contributed by atoms with Crippen LogP contribution in [0.25, 0.3) is 0 Å². The van der Waals surface area contributed by atoms with Crippen LogP contribution < -0.4 is 0 Å². The SMILES string of the molecule is O=C([C@@H](c1cccnc1)N1CCCC1)N1C[C@H]2CC=CC[C@H]2C1. The molecule has 122 valence electrons. The Bertz CT molecular complexity index is 564. The quantitative estimate of drug-likeness (QED) is 0.805. The molecule has 1 amide bonds. The first-order valence-corrected chi connectivity index (χ1v) is 8.90. The Morgan fingerprint density at radius 2 is 1.83 bits per heavy atom. The average Bonchev–Trinajstić information content (AvgIpc) is 3.25. The molecule has 23 heavy (non-hydrogen) atoms. The van der Waals surface area contributed by atoms with Crippen molar-refractivity contribution in [1.82, 2.24) is 14.8 Å². The third kappa shape index (κ3) is 2.92. The van der Waals surface area contributed by atoms with Gasteiger partial charge in [-0.1, -0.05) is 18.2 Å². The molecule has 0 spiro atoms. The van der Waals surface area contributed by atoms with Crippen LogP contribution in [-0.2, 0) is 4.79 Å². The smallest absolute Gasteiger partial charge is 0.244 e. The van der Waals surface area contributed by atoms with Crippen LogP contribution in [-0.4, -0.2) is 46.9 Å². The van der Waals surface area contributed by atoms with Gasteiger partial charge in [0.2, 0.25) is 5.91 Å². The minimum atomic E-state index is -0.140. The van der Waals surface area contributed by atoms with Crippen molar-refractivity contribution in [3.05, 3.63) is 42.2 Å². The summed E-state index contributed by atoms with van der Waals surface area (Å²) in [5.41, 5.74) is 1.05. The summed E-state index contributed by atoms with van der Waals surface area (Å²) < 4.78 is 0. The maximum Gasteiger partial charge on any atom is 0.244 e. The molecule has 3 atom stereocenters. The normalized spacial score (nSPS) is 28.8. The van der Waals surface area contributed by atoms with Crippen LogP contribution in [0.15, 0.2) is 36.7 Å². The van der Waals surface area contributed by atoms with E-state index in [1.807, 2.05) is 12.3 Å². The number of hydrogen-bond donors (Lipinski definition) is 0. The van der Waals surface area contributed by atoms with E-state index in [2.05, 4.69) is 33.0 Å². The van der Waals surface area contributed by atoms with Gasteiger partial charge in [0.15, 0.2) is 0 Å². The van der Waals surface area contributed by atoms with E-state index in [4.69, 9.17) is 0 Å². The van der Waals surface area contributed by atoms with E-state index in [1.165, 1.54) is 12.8 Å². The maximum atomic E-state index is 13.3. The van der Waals surface area contributed by atoms with Gasteiger partial charge in [-0.15, -0.1) is 0 Å². The van der Waals surface area contributed by atoms with Gasteiger partial charge in [0.1, 0.15) is 6.04 Å². The molecule has 4 heteroatoms. The second kappa shape index (κ2) is 6.44. The van der Waals surface area contributed by atoms with Crippen LogP contribution in [0.2, 0.25) is 0 Å². The molecule has 1 aromatic heterocycles. The zero-order valence-corrected chi connectivity index (χ0v) is 13.6. The molecule has 1 aromatic rings. The van der Waals surface area contributed by atoms with E-state index in [0.29, 0.717) is 11.8 Å². The minimum absolute atomic E-state index is 0.140. The zero-order chi connectivity index (χ0) is 15.6. The molecule has 2 fully saturated rings. The van der Waals surface area contributed by atoms with Crippen molar-refractivity contribution >= 4 is 5.91 Å². The summed E-state index contributed by atoms with van der Waals surface area (Å²) in [4.78, 5) is 22.0. The third-order valence-corrected chi connectivity index (χ3v) is 5.67. The van der Waals surface area contributed by atoms with Crippen molar-refractivity contribution in [3.63, 3.8) is 0 Å². The molecule has 2 saturated heterocycles. The van der Waals surface area contributed by atoms with E-state index < -0.39 is 0 Å². The summed E-state index contributed by atoms with van der Waals surface area (Å²) in [6.07, 6.45) is 12.9. The van der Waals surface area contributed by atoms with E-state index in [-0.39, 0.29) is 11.9 Å². The van der Waals surface area contributed by atoms with E-state index in [1.54, 1.807) is 6.20 Å². The number of likely N-dealkylation sites (tertiary alicyclic amines) is 2. The second-order valence-electron chi connectivity index (χ2n) is 7.14. The minimum Gasteiger partial charge on any atom is -0.340 e. The molecule has 0 radical (unpaired) electrons. The summed E-state index contributed by atoms with van der Waals surface area (Å²) in [7, 11) is 0. The number of nitrogens with zero attached hydrogens (tertiary/aromatic N) is 3. The van der Waals surface area contributed by atoms with Crippen LogP contribution in [0.5, 0.6) is 0 Å². The Balaban J connectivity index is 1.55. The summed E-state index contributed by atoms with van der Waals surface area (Å²) >= 11 is 0. The Morgan fingerprint density at radius 3 is 2.43 bits per heavy atom. The number of aromatic nitrogens is 1. The number of amides is 1. The molecular weight excluding hydrogens is 286 g/mol. The van der Waals surface area contributed by atoms with Crippen molar-refractivity contribution in [2.75, 3.05) is 26.2 Å². The van der Waals surface area contributed by atoms with Crippen molar-refractivity contribution < 1.29 is 4.79 Å². The van der Waals surface area contributed by atoms with Crippen LogP contribution >= 0.6 is 0 Å². The Kier molecular flexibility index (Phi) is 4.17. The van der Waals surface area contributed by atoms with Gasteiger partial charge in [-0.25, -0.2) is 0 Å². The van der Waals surface area contributed by atoms with E-state index in [9.17, 15) is 4.79 Å². The lowest BCUT2D eigenvalue weighted by atomic mass is 9.86. The molecule has 3 heterocycles. The molecule has 2 aliphatic heterocycles. The molecule has 0 unspecified atom stereocenters. The number of hydrogen-bond acceptors (Lipinski definition) is 3. The Labute approximate surface area is 138 Å². The number of allylic oxidation sites excluding steroid dienone is 2. The van der Waals surface area contributed by atoms with Crippen molar-refractivity contribution in [2.45, 2.75) is 31.7 Å². The highest BCUT2D eigenvalue weighted by atomic mass is 16.2. The van der Waals surface area contributed by atoms with E-state index >= 15 is 0 Å². The molecule has 4 rings (SSSR count). The van der Waals surface area contributed by atoms with Crippen LogP contribution in [0.3, 0.4) is 0 Å². The fourth-order valence-corrected chi connectivity index (χ4v) is 4.41. The van der Waals surface area contributed by atoms with Gasteiger partial charge in [-0.05, 0) is 62.2 Å². The molecule has 0 bridgehead atoms. The molecule has 0 saturated carbocycles. The van der Waals surface area contributed by atoms with Gasteiger partial charge in [-0.2, -0.15) is 0 Å². The molecule has 1 aliphatic carbocycles. The van der Waals surface area contributed by atoms with Gasteiger partial charge < -0.3 is 4.90 Å². The highest BCUT2D eigenvalue weighted by molar-refractivity contribution is 5.83. The maximum absolute atomic E-state index is 13.3. The predicted molar refractivity (Wildman–Crippen MR) is 89.7 cm³/mol. The lowest BCUT2D eigenvalue weighted by Gasteiger charge is -2.30. The lowest BCUT2D eigenvalue weighted by molar-refractivity contribution is -0.136. The standard InChI is InChI=1S/C19H25N3O/c23-19(22-13-16-6-1-2-7-17(16)14-22)18(21-10-3-4-11-21)15-8-5-9-20-12-15/h1-2,5,8-9,12,16-18H,3-4,6-7,10-11,13-14H2/t16-,17+,18-/m1/s1. The summed E-state index contributed by atoms with van der Waals surface area (Å²) in [6, 6.07) is 3.86. The van der Waals surface area contributed by atoms with Gasteiger partial charge in [0.05, 0.1) is 0 Å². The van der Waals surface area contributed by atoms with Gasteiger partial charge >= 0.3 is 0 Å².